The summed E-state index contributed by atoms with van der Waals surface area (Å²) < 4.78 is 0. The third-order valence-corrected chi connectivity index (χ3v) is 5.34. The number of carboxylic acid groups (broad SMARTS) is 1. The first-order valence-corrected chi connectivity index (χ1v) is 8.94. The van der Waals surface area contributed by atoms with Gasteiger partial charge in [-0.3, -0.25) is 9.59 Å². The number of anilines is 1. The third-order valence-electron chi connectivity index (χ3n) is 5.34. The van der Waals surface area contributed by atoms with Crippen LogP contribution in [0.25, 0.3) is 0 Å². The first kappa shape index (κ1) is 16.8. The molecule has 1 aliphatic carbocycles. The van der Waals surface area contributed by atoms with E-state index >= 15 is 0 Å². The minimum Gasteiger partial charge on any atom is -0.481 e. The number of likely N-dealkylation sites (tertiary alicyclic amines) is 1. The molecule has 24 heavy (non-hydrogen) atoms. The van der Waals surface area contributed by atoms with Crippen molar-refractivity contribution in [2.24, 2.45) is 11.8 Å². The van der Waals surface area contributed by atoms with E-state index in [0.717, 1.165) is 18.5 Å². The van der Waals surface area contributed by atoms with Crippen LogP contribution in [0.2, 0.25) is 0 Å². The average molecular weight is 330 g/mol. The first-order valence-electron chi connectivity index (χ1n) is 8.94. The van der Waals surface area contributed by atoms with Crippen molar-refractivity contribution in [3.8, 4) is 0 Å². The molecule has 0 bridgehead atoms. The van der Waals surface area contributed by atoms with Crippen molar-refractivity contribution in [2.75, 3.05) is 18.4 Å². The van der Waals surface area contributed by atoms with Crippen molar-refractivity contribution in [1.29, 1.82) is 0 Å². The fourth-order valence-electron chi connectivity index (χ4n) is 3.89. The van der Waals surface area contributed by atoms with Crippen LogP contribution >= 0.6 is 0 Å². The van der Waals surface area contributed by atoms with Gasteiger partial charge in [0.05, 0.1) is 11.5 Å². The fraction of sp³-hybridized carbons (Fsp3) is 0.579. The summed E-state index contributed by atoms with van der Waals surface area (Å²) in [4.78, 5) is 25.9. The van der Waals surface area contributed by atoms with Crippen molar-refractivity contribution in [2.45, 2.75) is 45.1 Å². The molecular weight excluding hydrogens is 304 g/mol. The van der Waals surface area contributed by atoms with Gasteiger partial charge in [-0.15, -0.1) is 0 Å². The number of amides is 1. The van der Waals surface area contributed by atoms with Crippen LogP contribution in [-0.2, 0) is 4.79 Å². The Morgan fingerprint density at radius 3 is 2.50 bits per heavy atom. The summed E-state index contributed by atoms with van der Waals surface area (Å²) in [6.45, 7) is 2.71. The number of para-hydroxylation sites is 1. The molecular formula is C19H26N2O3. The maximum absolute atomic E-state index is 12.9. The molecule has 1 aliphatic heterocycles. The first-order chi connectivity index (χ1) is 11.6. The van der Waals surface area contributed by atoms with Crippen molar-refractivity contribution in [1.82, 2.24) is 4.90 Å². The molecule has 1 saturated carbocycles. The Hall–Kier alpha value is -2.04. The predicted molar refractivity (Wildman–Crippen MR) is 93.1 cm³/mol. The molecule has 2 fully saturated rings. The minimum atomic E-state index is -0.814. The summed E-state index contributed by atoms with van der Waals surface area (Å²) >= 11 is 0. The SMILES string of the molecule is C[C@@H]1CN(C(=O)c2ccccc2NC2CCCCC2)C[C@H]1C(=O)O. The lowest BCUT2D eigenvalue weighted by Crippen LogP contribution is -2.31. The van der Waals surface area contributed by atoms with Gasteiger partial charge in [0.2, 0.25) is 0 Å². The highest BCUT2D eigenvalue weighted by Gasteiger charge is 2.37. The van der Waals surface area contributed by atoms with E-state index in [1.807, 2.05) is 31.2 Å². The molecule has 0 aromatic heterocycles. The maximum atomic E-state index is 12.9. The number of nitrogens with zero attached hydrogens (tertiary/aromatic N) is 1. The van der Waals surface area contributed by atoms with Crippen LogP contribution in [0.3, 0.4) is 0 Å². The van der Waals surface area contributed by atoms with Gasteiger partial charge in [-0.05, 0) is 30.9 Å². The lowest BCUT2D eigenvalue weighted by atomic mass is 9.95. The lowest BCUT2D eigenvalue weighted by Gasteiger charge is -2.26. The van der Waals surface area contributed by atoms with Crippen LogP contribution in [0.5, 0.6) is 0 Å². The number of nitrogens with one attached hydrogen (secondary N) is 1. The molecule has 1 amide bonds. The highest BCUT2D eigenvalue weighted by atomic mass is 16.4. The van der Waals surface area contributed by atoms with E-state index in [4.69, 9.17) is 0 Å². The topological polar surface area (TPSA) is 69.6 Å². The molecule has 130 valence electrons. The Labute approximate surface area is 143 Å². The molecule has 0 unspecified atom stereocenters. The van der Waals surface area contributed by atoms with Gasteiger partial charge in [0, 0.05) is 24.8 Å². The van der Waals surface area contributed by atoms with Crippen LogP contribution in [0.4, 0.5) is 5.69 Å². The highest BCUT2D eigenvalue weighted by Crippen LogP contribution is 2.28. The summed E-state index contributed by atoms with van der Waals surface area (Å²) in [6.07, 6.45) is 6.05. The predicted octanol–water partition coefficient (Wildman–Crippen LogP) is 3.22. The van der Waals surface area contributed by atoms with Crippen LogP contribution in [0.15, 0.2) is 24.3 Å². The third kappa shape index (κ3) is 3.55. The van der Waals surface area contributed by atoms with Gasteiger partial charge in [-0.1, -0.05) is 38.3 Å². The molecule has 0 spiro atoms. The lowest BCUT2D eigenvalue weighted by molar-refractivity contribution is -0.142. The van der Waals surface area contributed by atoms with E-state index in [1.54, 1.807) is 4.90 Å². The molecule has 1 heterocycles. The molecule has 5 heteroatoms. The van der Waals surface area contributed by atoms with Gasteiger partial charge >= 0.3 is 5.97 Å². The number of carbonyl (C=O) groups excluding carboxylic acids is 1. The highest BCUT2D eigenvalue weighted by molar-refractivity contribution is 6.00. The van der Waals surface area contributed by atoms with Crippen LogP contribution in [0.1, 0.15) is 49.4 Å². The number of benzene rings is 1. The zero-order valence-electron chi connectivity index (χ0n) is 14.2. The zero-order valence-corrected chi connectivity index (χ0v) is 14.2. The normalized spacial score (nSPS) is 24.8. The Bertz CT molecular complexity index is 610. The molecule has 3 rings (SSSR count). The number of carbonyl (C=O) groups is 2. The standard InChI is InChI=1S/C19H26N2O3/c1-13-11-21(12-16(13)19(23)24)18(22)15-9-5-6-10-17(15)20-14-7-3-2-4-8-14/h5-6,9-10,13-14,16,20H,2-4,7-8,11-12H2,1H3,(H,23,24)/t13-,16-/m1/s1. The molecule has 1 aromatic carbocycles. The number of rotatable bonds is 4. The van der Waals surface area contributed by atoms with Gasteiger partial charge in [0.1, 0.15) is 0 Å². The molecule has 5 nitrogen and oxygen atoms in total. The van der Waals surface area contributed by atoms with Crippen molar-refractivity contribution >= 4 is 17.6 Å². The molecule has 1 aromatic rings. The Morgan fingerprint density at radius 1 is 1.12 bits per heavy atom. The second-order valence-corrected chi connectivity index (χ2v) is 7.16. The van der Waals surface area contributed by atoms with E-state index in [1.165, 1.54) is 19.3 Å². The summed E-state index contributed by atoms with van der Waals surface area (Å²) in [6, 6.07) is 8.03. The van der Waals surface area contributed by atoms with E-state index in [0.29, 0.717) is 24.7 Å². The van der Waals surface area contributed by atoms with Gasteiger partial charge in [-0.2, -0.15) is 0 Å². The maximum Gasteiger partial charge on any atom is 0.308 e. The van der Waals surface area contributed by atoms with Gasteiger partial charge in [0.25, 0.3) is 5.91 Å². The van der Waals surface area contributed by atoms with Crippen LogP contribution in [0, 0.1) is 11.8 Å². The zero-order chi connectivity index (χ0) is 17.1. The minimum absolute atomic E-state index is 0.00934. The van der Waals surface area contributed by atoms with Crippen LogP contribution < -0.4 is 5.32 Å². The Balaban J connectivity index is 1.74. The number of carboxylic acids is 1. The second kappa shape index (κ2) is 7.24. The quantitative estimate of drug-likeness (QED) is 0.889. The van der Waals surface area contributed by atoms with E-state index < -0.39 is 11.9 Å². The van der Waals surface area contributed by atoms with E-state index in [2.05, 4.69) is 5.32 Å². The monoisotopic (exact) mass is 330 g/mol. The molecule has 0 radical (unpaired) electrons. The smallest absolute Gasteiger partial charge is 0.308 e. The van der Waals surface area contributed by atoms with Gasteiger partial charge in [-0.25, -0.2) is 0 Å². The number of hydrogen-bond donors (Lipinski definition) is 2. The summed E-state index contributed by atoms with van der Waals surface area (Å²) in [5.74, 6) is -1.35. The summed E-state index contributed by atoms with van der Waals surface area (Å²) in [7, 11) is 0. The molecule has 2 N–H and O–H groups in total. The molecule has 2 atom stereocenters. The fourth-order valence-corrected chi connectivity index (χ4v) is 3.89. The largest absolute Gasteiger partial charge is 0.481 e. The van der Waals surface area contributed by atoms with Crippen molar-refractivity contribution in [3.05, 3.63) is 29.8 Å². The van der Waals surface area contributed by atoms with Gasteiger partial charge in [0.15, 0.2) is 0 Å². The second-order valence-electron chi connectivity index (χ2n) is 7.16. The molecule has 1 saturated heterocycles. The van der Waals surface area contributed by atoms with Crippen molar-refractivity contribution in [3.63, 3.8) is 0 Å². The van der Waals surface area contributed by atoms with Crippen molar-refractivity contribution < 1.29 is 14.7 Å². The Morgan fingerprint density at radius 2 is 1.83 bits per heavy atom. The number of aliphatic carboxylic acids is 1. The van der Waals surface area contributed by atoms with E-state index in [-0.39, 0.29) is 11.8 Å². The Kier molecular flexibility index (Phi) is 5.07. The average Bonchev–Trinajstić information content (AvgIpc) is 2.98. The summed E-state index contributed by atoms with van der Waals surface area (Å²) in [5, 5.41) is 12.8. The summed E-state index contributed by atoms with van der Waals surface area (Å²) in [5.41, 5.74) is 1.53. The van der Waals surface area contributed by atoms with Crippen LogP contribution in [-0.4, -0.2) is 41.0 Å². The molecule has 2 aliphatic rings. The van der Waals surface area contributed by atoms with Gasteiger partial charge < -0.3 is 15.3 Å². The number of hydrogen-bond acceptors (Lipinski definition) is 3. The van der Waals surface area contributed by atoms with E-state index in [9.17, 15) is 14.7 Å².